The largest absolute Gasteiger partial charge is 0.437 e. The molecule has 0 saturated heterocycles. The molecular weight excluding hydrogens is 252 g/mol. The minimum atomic E-state index is -0.0912. The van der Waals surface area contributed by atoms with Crippen molar-refractivity contribution in [3.05, 3.63) is 60.4 Å². The quantitative estimate of drug-likeness (QED) is 0.562. The van der Waals surface area contributed by atoms with Gasteiger partial charge in [0.25, 0.3) is 0 Å². The lowest BCUT2D eigenvalue weighted by Crippen LogP contribution is -2.13. The molecule has 0 atom stereocenters. The summed E-state index contributed by atoms with van der Waals surface area (Å²) in [5.74, 6) is 0.915. The van der Waals surface area contributed by atoms with Crippen LogP contribution in [0.2, 0.25) is 0 Å². The van der Waals surface area contributed by atoms with Gasteiger partial charge in [0.05, 0.1) is 0 Å². The number of nitrogens with zero attached hydrogens (tertiary/aromatic N) is 2. The van der Waals surface area contributed by atoms with Crippen LogP contribution in [0, 0.1) is 5.41 Å². The number of pyridine rings is 2. The second-order valence-corrected chi connectivity index (χ2v) is 4.21. The number of benzene rings is 1. The molecule has 0 spiro atoms. The van der Waals surface area contributed by atoms with Crippen molar-refractivity contribution in [1.29, 1.82) is 5.41 Å². The topological polar surface area (TPSA) is 84.9 Å². The average Bonchev–Trinajstić information content (AvgIpc) is 2.48. The molecule has 2 heterocycles. The SMILES string of the molecule is N=C(N)c1cccc(Oc2cccc3cccnc23)n1. The van der Waals surface area contributed by atoms with Crippen molar-refractivity contribution < 1.29 is 4.74 Å². The molecule has 3 N–H and O–H groups in total. The fraction of sp³-hybridized carbons (Fsp3) is 0. The zero-order chi connectivity index (χ0) is 13.9. The molecule has 0 aliphatic heterocycles. The maximum absolute atomic E-state index is 7.39. The molecule has 0 aliphatic rings. The van der Waals surface area contributed by atoms with E-state index in [1.54, 1.807) is 24.4 Å². The van der Waals surface area contributed by atoms with Crippen molar-refractivity contribution in [3.8, 4) is 11.6 Å². The molecule has 3 aromatic rings. The summed E-state index contributed by atoms with van der Waals surface area (Å²) in [5, 5.41) is 8.38. The molecule has 98 valence electrons. The third-order valence-corrected chi connectivity index (χ3v) is 2.81. The van der Waals surface area contributed by atoms with E-state index in [2.05, 4.69) is 9.97 Å². The molecule has 1 aromatic carbocycles. The first-order valence-electron chi connectivity index (χ1n) is 6.07. The summed E-state index contributed by atoms with van der Waals surface area (Å²) in [6.07, 6.45) is 1.72. The van der Waals surface area contributed by atoms with E-state index >= 15 is 0 Å². The van der Waals surface area contributed by atoms with Gasteiger partial charge in [-0.25, -0.2) is 4.98 Å². The van der Waals surface area contributed by atoms with Gasteiger partial charge in [0.2, 0.25) is 5.88 Å². The number of aromatic nitrogens is 2. The van der Waals surface area contributed by atoms with E-state index in [1.165, 1.54) is 0 Å². The number of nitrogens with one attached hydrogen (secondary N) is 1. The fourth-order valence-electron chi connectivity index (χ4n) is 1.89. The van der Waals surface area contributed by atoms with Crippen LogP contribution in [-0.2, 0) is 0 Å². The van der Waals surface area contributed by atoms with Crippen molar-refractivity contribution in [2.24, 2.45) is 5.73 Å². The highest BCUT2D eigenvalue weighted by Gasteiger charge is 2.06. The Hall–Kier alpha value is -2.95. The molecule has 0 saturated carbocycles. The number of fused-ring (bicyclic) bond motifs is 1. The molecule has 5 heteroatoms. The standard InChI is InChI=1S/C15H12N4O/c16-15(17)11-6-2-8-13(19-11)20-12-7-1-4-10-5-3-9-18-14(10)12/h1-9H,(H3,16,17). The van der Waals surface area contributed by atoms with Gasteiger partial charge in [0.15, 0.2) is 5.75 Å². The number of amidine groups is 1. The Morgan fingerprint density at radius 1 is 1.05 bits per heavy atom. The number of nitrogens with two attached hydrogens (primary N) is 1. The molecule has 20 heavy (non-hydrogen) atoms. The van der Waals surface area contributed by atoms with Crippen LogP contribution < -0.4 is 10.5 Å². The monoisotopic (exact) mass is 264 g/mol. The molecule has 5 nitrogen and oxygen atoms in total. The number of ether oxygens (including phenoxy) is 1. The maximum atomic E-state index is 7.39. The van der Waals surface area contributed by atoms with Gasteiger partial charge in [0, 0.05) is 17.6 Å². The van der Waals surface area contributed by atoms with Gasteiger partial charge < -0.3 is 10.5 Å². The number of nitrogen functional groups attached to an aromatic ring is 1. The van der Waals surface area contributed by atoms with E-state index < -0.39 is 0 Å². The fourth-order valence-corrected chi connectivity index (χ4v) is 1.89. The summed E-state index contributed by atoms with van der Waals surface area (Å²) >= 11 is 0. The Kier molecular flexibility index (Phi) is 3.01. The predicted molar refractivity (Wildman–Crippen MR) is 77.1 cm³/mol. The van der Waals surface area contributed by atoms with Crippen molar-refractivity contribution in [1.82, 2.24) is 9.97 Å². The summed E-state index contributed by atoms with van der Waals surface area (Å²) < 4.78 is 5.76. The van der Waals surface area contributed by atoms with E-state index in [-0.39, 0.29) is 5.84 Å². The molecule has 0 unspecified atom stereocenters. The van der Waals surface area contributed by atoms with Crippen LogP contribution in [-0.4, -0.2) is 15.8 Å². The Bertz CT molecular complexity index is 780. The van der Waals surface area contributed by atoms with Gasteiger partial charge >= 0.3 is 0 Å². The van der Waals surface area contributed by atoms with Crippen molar-refractivity contribution >= 4 is 16.7 Å². The highest BCUT2D eigenvalue weighted by Crippen LogP contribution is 2.27. The second kappa shape index (κ2) is 4.97. The average molecular weight is 264 g/mol. The van der Waals surface area contributed by atoms with E-state index in [1.807, 2.05) is 30.3 Å². The summed E-state index contributed by atoms with van der Waals surface area (Å²) in [6, 6.07) is 14.7. The van der Waals surface area contributed by atoms with Gasteiger partial charge in [-0.2, -0.15) is 0 Å². The molecule has 0 fully saturated rings. The lowest BCUT2D eigenvalue weighted by atomic mass is 10.2. The van der Waals surface area contributed by atoms with Crippen molar-refractivity contribution in [2.75, 3.05) is 0 Å². The van der Waals surface area contributed by atoms with E-state index in [4.69, 9.17) is 15.9 Å². The molecule has 3 rings (SSSR count). The number of hydrogen-bond donors (Lipinski definition) is 2. The Morgan fingerprint density at radius 3 is 2.70 bits per heavy atom. The third-order valence-electron chi connectivity index (χ3n) is 2.81. The summed E-state index contributed by atoms with van der Waals surface area (Å²) in [4.78, 5) is 8.49. The van der Waals surface area contributed by atoms with Gasteiger partial charge in [-0.3, -0.25) is 10.4 Å². The predicted octanol–water partition coefficient (Wildman–Crippen LogP) is 2.71. The van der Waals surface area contributed by atoms with Crippen molar-refractivity contribution in [2.45, 2.75) is 0 Å². The molecular formula is C15H12N4O. The first-order valence-corrected chi connectivity index (χ1v) is 6.07. The smallest absolute Gasteiger partial charge is 0.219 e. The highest BCUT2D eigenvalue weighted by molar-refractivity contribution is 5.93. The third kappa shape index (κ3) is 2.29. The summed E-state index contributed by atoms with van der Waals surface area (Å²) in [5.41, 5.74) is 6.57. The molecule has 0 aliphatic carbocycles. The molecule has 2 aromatic heterocycles. The van der Waals surface area contributed by atoms with Gasteiger partial charge in [-0.05, 0) is 18.2 Å². The number of hydrogen-bond acceptors (Lipinski definition) is 4. The number of para-hydroxylation sites is 1. The lowest BCUT2D eigenvalue weighted by Gasteiger charge is -2.08. The zero-order valence-corrected chi connectivity index (χ0v) is 10.6. The van der Waals surface area contributed by atoms with Gasteiger partial charge in [0.1, 0.15) is 17.0 Å². The van der Waals surface area contributed by atoms with Crippen molar-refractivity contribution in [3.63, 3.8) is 0 Å². The van der Waals surface area contributed by atoms with Crippen LogP contribution in [0.5, 0.6) is 11.6 Å². The van der Waals surface area contributed by atoms with Crippen LogP contribution in [0.4, 0.5) is 0 Å². The number of rotatable bonds is 3. The van der Waals surface area contributed by atoms with Crippen LogP contribution in [0.15, 0.2) is 54.7 Å². The second-order valence-electron chi connectivity index (χ2n) is 4.21. The van der Waals surface area contributed by atoms with E-state index in [0.717, 1.165) is 10.9 Å². The molecule has 0 radical (unpaired) electrons. The summed E-state index contributed by atoms with van der Waals surface area (Å²) in [6.45, 7) is 0. The van der Waals surface area contributed by atoms with Gasteiger partial charge in [-0.1, -0.05) is 24.3 Å². The summed E-state index contributed by atoms with van der Waals surface area (Å²) in [7, 11) is 0. The maximum Gasteiger partial charge on any atom is 0.219 e. The highest BCUT2D eigenvalue weighted by atomic mass is 16.5. The first kappa shape index (κ1) is 12.1. The minimum Gasteiger partial charge on any atom is -0.437 e. The molecule has 0 bridgehead atoms. The van der Waals surface area contributed by atoms with Crippen LogP contribution in [0.3, 0.4) is 0 Å². The Balaban J connectivity index is 2.01. The van der Waals surface area contributed by atoms with E-state index in [9.17, 15) is 0 Å². The Labute approximate surface area is 115 Å². The molecule has 0 amide bonds. The lowest BCUT2D eigenvalue weighted by molar-refractivity contribution is 0.467. The van der Waals surface area contributed by atoms with E-state index in [0.29, 0.717) is 17.3 Å². The van der Waals surface area contributed by atoms with Crippen LogP contribution >= 0.6 is 0 Å². The normalized spacial score (nSPS) is 10.4. The first-order chi connectivity index (χ1) is 9.74. The van der Waals surface area contributed by atoms with Crippen LogP contribution in [0.1, 0.15) is 5.69 Å². The van der Waals surface area contributed by atoms with Crippen LogP contribution in [0.25, 0.3) is 10.9 Å². The minimum absolute atomic E-state index is 0.0912. The Morgan fingerprint density at radius 2 is 1.85 bits per heavy atom. The zero-order valence-electron chi connectivity index (χ0n) is 10.6. The van der Waals surface area contributed by atoms with Gasteiger partial charge in [-0.15, -0.1) is 0 Å².